The van der Waals surface area contributed by atoms with E-state index in [1.54, 1.807) is 12.1 Å². The molecule has 0 atom stereocenters. The number of nitrogens with one attached hydrogen (secondary N) is 1. The number of ether oxygens (including phenoxy) is 2. The minimum atomic E-state index is -3.67. The van der Waals surface area contributed by atoms with E-state index in [9.17, 15) is 18.0 Å². The number of esters is 2. The second-order valence-corrected chi connectivity index (χ2v) is 8.10. The Hall–Kier alpha value is -2.68. The average molecular weight is 438 g/mol. The number of sulfonamides is 1. The highest BCUT2D eigenvalue weighted by Crippen LogP contribution is 2.29. The van der Waals surface area contributed by atoms with Crippen molar-refractivity contribution >= 4 is 39.6 Å². The van der Waals surface area contributed by atoms with E-state index in [4.69, 9.17) is 21.1 Å². The molecule has 0 amide bonds. The van der Waals surface area contributed by atoms with Crippen molar-refractivity contribution in [2.24, 2.45) is 0 Å². The van der Waals surface area contributed by atoms with Crippen molar-refractivity contribution in [3.63, 3.8) is 0 Å². The monoisotopic (exact) mass is 437 g/mol. The van der Waals surface area contributed by atoms with E-state index in [-0.39, 0.29) is 18.0 Å². The molecule has 29 heavy (non-hydrogen) atoms. The average Bonchev–Trinajstić information content (AvgIpc) is 2.63. The van der Waals surface area contributed by atoms with Crippen molar-refractivity contribution in [2.45, 2.75) is 20.3 Å². The molecule has 2 aromatic rings. The summed E-state index contributed by atoms with van der Waals surface area (Å²) >= 11 is 5.82. The number of halogens is 1. The Morgan fingerprint density at radius 1 is 1.00 bits per heavy atom. The fourth-order valence-corrected chi connectivity index (χ4v) is 3.25. The zero-order chi connectivity index (χ0) is 21.4. The lowest BCUT2D eigenvalue weighted by Gasteiger charge is -2.09. The molecule has 2 aromatic carbocycles. The highest BCUT2D eigenvalue weighted by Gasteiger charge is 2.11. The van der Waals surface area contributed by atoms with Crippen LogP contribution in [-0.4, -0.2) is 26.9 Å². The first-order valence-electron chi connectivity index (χ1n) is 8.58. The molecule has 154 valence electrons. The first kappa shape index (κ1) is 22.6. The van der Waals surface area contributed by atoms with Crippen LogP contribution in [0.1, 0.15) is 25.0 Å². The molecule has 0 heterocycles. The molecule has 1 N–H and O–H groups in total. The molecule has 0 saturated carbocycles. The van der Waals surface area contributed by atoms with Crippen LogP contribution < -0.4 is 14.2 Å². The SMILES string of the molecule is CC(=O)Oc1ccc(/C=C/S(=O)(=O)NCCc2ccc(Cl)cc2)cc1OC(C)=O. The summed E-state index contributed by atoms with van der Waals surface area (Å²) in [5, 5.41) is 1.62. The minimum Gasteiger partial charge on any atom is -0.423 e. The largest absolute Gasteiger partial charge is 0.423 e. The van der Waals surface area contributed by atoms with E-state index in [0.29, 0.717) is 17.0 Å². The van der Waals surface area contributed by atoms with Crippen molar-refractivity contribution in [1.29, 1.82) is 0 Å². The number of hydrogen-bond acceptors (Lipinski definition) is 6. The van der Waals surface area contributed by atoms with Gasteiger partial charge in [0.25, 0.3) is 0 Å². The summed E-state index contributed by atoms with van der Waals surface area (Å²) in [6.07, 6.45) is 1.85. The predicted octanol–water partition coefficient (Wildman–Crippen LogP) is 3.32. The van der Waals surface area contributed by atoms with Gasteiger partial charge in [0, 0.05) is 30.8 Å². The summed E-state index contributed by atoms with van der Waals surface area (Å²) in [4.78, 5) is 22.4. The molecule has 0 bridgehead atoms. The van der Waals surface area contributed by atoms with Crippen LogP contribution in [0.2, 0.25) is 5.02 Å². The van der Waals surface area contributed by atoms with Gasteiger partial charge in [0.15, 0.2) is 11.5 Å². The molecule has 0 unspecified atom stereocenters. The Morgan fingerprint density at radius 2 is 1.62 bits per heavy atom. The van der Waals surface area contributed by atoms with Crippen molar-refractivity contribution < 1.29 is 27.5 Å². The lowest BCUT2D eigenvalue weighted by Crippen LogP contribution is -2.23. The smallest absolute Gasteiger partial charge is 0.308 e. The quantitative estimate of drug-likeness (QED) is 0.502. The first-order chi connectivity index (χ1) is 13.6. The summed E-state index contributed by atoms with van der Waals surface area (Å²) in [6.45, 7) is 2.64. The predicted molar refractivity (Wildman–Crippen MR) is 110 cm³/mol. The van der Waals surface area contributed by atoms with E-state index in [2.05, 4.69) is 4.72 Å². The first-order valence-corrected chi connectivity index (χ1v) is 10.5. The molecular formula is C20H20ClNO6S. The Labute approximate surface area is 174 Å². The maximum Gasteiger partial charge on any atom is 0.308 e. The van der Waals surface area contributed by atoms with Crippen LogP contribution >= 0.6 is 11.6 Å². The van der Waals surface area contributed by atoms with Crippen LogP contribution in [0.4, 0.5) is 0 Å². The maximum absolute atomic E-state index is 12.1. The van der Waals surface area contributed by atoms with Gasteiger partial charge in [-0.05, 0) is 47.9 Å². The van der Waals surface area contributed by atoms with Crippen LogP contribution in [0, 0.1) is 0 Å². The number of rotatable bonds is 8. The van der Waals surface area contributed by atoms with Crippen molar-refractivity contribution in [1.82, 2.24) is 4.72 Å². The Bertz CT molecular complexity index is 1020. The molecular weight excluding hydrogens is 418 g/mol. The van der Waals surface area contributed by atoms with Gasteiger partial charge >= 0.3 is 11.9 Å². The third-order valence-electron chi connectivity index (χ3n) is 3.54. The van der Waals surface area contributed by atoms with Crippen molar-refractivity contribution in [2.75, 3.05) is 6.54 Å². The van der Waals surface area contributed by atoms with Crippen molar-refractivity contribution in [3.8, 4) is 11.5 Å². The van der Waals surface area contributed by atoms with Gasteiger partial charge in [0.2, 0.25) is 10.0 Å². The van der Waals surface area contributed by atoms with Gasteiger partial charge in [-0.3, -0.25) is 9.59 Å². The Morgan fingerprint density at radius 3 is 2.24 bits per heavy atom. The second kappa shape index (κ2) is 10.2. The van der Waals surface area contributed by atoms with Gasteiger partial charge < -0.3 is 9.47 Å². The summed E-state index contributed by atoms with van der Waals surface area (Å²) in [6, 6.07) is 11.5. The molecule has 2 rings (SSSR count). The number of carbonyl (C=O) groups is 2. The lowest BCUT2D eigenvalue weighted by molar-refractivity contribution is -0.134. The fourth-order valence-electron chi connectivity index (χ4n) is 2.31. The highest BCUT2D eigenvalue weighted by molar-refractivity contribution is 7.92. The molecule has 0 aliphatic carbocycles. The van der Waals surface area contributed by atoms with Gasteiger partial charge in [-0.1, -0.05) is 29.8 Å². The molecule has 0 aromatic heterocycles. The number of hydrogen-bond donors (Lipinski definition) is 1. The maximum atomic E-state index is 12.1. The topological polar surface area (TPSA) is 98.8 Å². The molecule has 7 nitrogen and oxygen atoms in total. The Balaban J connectivity index is 2.05. The van der Waals surface area contributed by atoms with Gasteiger partial charge in [-0.2, -0.15) is 0 Å². The molecule has 0 spiro atoms. The molecule has 0 aliphatic rings. The second-order valence-electron chi connectivity index (χ2n) is 6.01. The lowest BCUT2D eigenvalue weighted by atomic mass is 10.2. The third-order valence-corrected chi connectivity index (χ3v) is 4.90. The van der Waals surface area contributed by atoms with Gasteiger partial charge in [0.1, 0.15) is 0 Å². The molecule has 9 heteroatoms. The third kappa shape index (κ3) is 8.06. The summed E-state index contributed by atoms with van der Waals surface area (Å²) in [7, 11) is -3.67. The van der Waals surface area contributed by atoms with Gasteiger partial charge in [-0.25, -0.2) is 13.1 Å². The molecule has 0 aliphatic heterocycles. The summed E-state index contributed by atoms with van der Waals surface area (Å²) in [5.41, 5.74) is 1.40. The standard InChI is InChI=1S/C20H20ClNO6S/c1-14(23)27-19-8-5-17(13-20(19)28-15(2)24)10-12-29(25,26)22-11-9-16-3-6-18(21)7-4-16/h3-8,10,12-13,22H,9,11H2,1-2H3/b12-10+. The van der Waals surface area contributed by atoms with E-state index in [0.717, 1.165) is 11.0 Å². The zero-order valence-electron chi connectivity index (χ0n) is 15.8. The van der Waals surface area contributed by atoms with Crippen LogP contribution in [0.15, 0.2) is 47.9 Å². The normalized spacial score (nSPS) is 11.4. The molecule has 0 saturated heterocycles. The van der Waals surface area contributed by atoms with Gasteiger partial charge in [-0.15, -0.1) is 0 Å². The van der Waals surface area contributed by atoms with Crippen molar-refractivity contribution in [3.05, 3.63) is 64.0 Å². The zero-order valence-corrected chi connectivity index (χ0v) is 17.4. The molecule has 0 radical (unpaired) electrons. The van der Waals surface area contributed by atoms with E-state index < -0.39 is 22.0 Å². The van der Waals surface area contributed by atoms with Crippen LogP contribution in [0.3, 0.4) is 0 Å². The minimum absolute atomic E-state index is 0.0166. The van der Waals surface area contributed by atoms with Gasteiger partial charge in [0.05, 0.1) is 0 Å². The number of carbonyl (C=O) groups excluding carboxylic acids is 2. The number of benzene rings is 2. The summed E-state index contributed by atoms with van der Waals surface area (Å²) in [5.74, 6) is -1.10. The van der Waals surface area contributed by atoms with E-state index >= 15 is 0 Å². The molecule has 0 fully saturated rings. The van der Waals surface area contributed by atoms with Crippen LogP contribution in [0.25, 0.3) is 6.08 Å². The van der Waals surface area contributed by atoms with E-state index in [1.165, 1.54) is 38.1 Å². The van der Waals surface area contributed by atoms with E-state index in [1.807, 2.05) is 12.1 Å². The van der Waals surface area contributed by atoms with Crippen LogP contribution in [-0.2, 0) is 26.0 Å². The van der Waals surface area contributed by atoms with Crippen LogP contribution in [0.5, 0.6) is 11.5 Å². The summed E-state index contributed by atoms with van der Waals surface area (Å²) < 4.78 is 36.8. The fraction of sp³-hybridized carbons (Fsp3) is 0.200. The Kier molecular flexibility index (Phi) is 7.95. The highest BCUT2D eigenvalue weighted by atomic mass is 35.5.